The van der Waals surface area contributed by atoms with Crippen molar-refractivity contribution in [3.05, 3.63) is 11.6 Å². The Balaban J connectivity index is 2.25. The predicted molar refractivity (Wildman–Crippen MR) is 71.0 cm³/mol. The molecular formula is C15H26O3. The molecule has 2 aliphatic rings. The molecule has 3 N–H and O–H groups in total. The molecule has 2 rings (SSSR count). The van der Waals surface area contributed by atoms with E-state index in [0.29, 0.717) is 17.8 Å². The van der Waals surface area contributed by atoms with Crippen LogP contribution in [0.5, 0.6) is 0 Å². The van der Waals surface area contributed by atoms with Gasteiger partial charge in [-0.25, -0.2) is 0 Å². The van der Waals surface area contributed by atoms with Crippen LogP contribution in [0.4, 0.5) is 0 Å². The van der Waals surface area contributed by atoms with Gasteiger partial charge in [-0.15, -0.1) is 0 Å². The summed E-state index contributed by atoms with van der Waals surface area (Å²) < 4.78 is 0. The molecule has 1 fully saturated rings. The molecular weight excluding hydrogens is 228 g/mol. The number of hydrogen-bond acceptors (Lipinski definition) is 3. The van der Waals surface area contributed by atoms with Crippen molar-refractivity contribution in [1.29, 1.82) is 0 Å². The molecule has 1 spiro atoms. The minimum atomic E-state index is -0.502. The van der Waals surface area contributed by atoms with E-state index in [9.17, 15) is 15.3 Å². The number of aliphatic hydroxyl groups excluding tert-OH is 3. The minimum Gasteiger partial charge on any atom is -0.396 e. The predicted octanol–water partition coefficient (Wildman–Crippen LogP) is 1.72. The van der Waals surface area contributed by atoms with Gasteiger partial charge >= 0.3 is 0 Å². The summed E-state index contributed by atoms with van der Waals surface area (Å²) in [6, 6.07) is 0. The summed E-state index contributed by atoms with van der Waals surface area (Å²) in [6.07, 6.45) is 5.55. The van der Waals surface area contributed by atoms with E-state index in [1.807, 2.05) is 6.08 Å². The Morgan fingerprint density at radius 3 is 2.67 bits per heavy atom. The summed E-state index contributed by atoms with van der Waals surface area (Å²) in [5.41, 5.74) is 0.898. The molecule has 0 aromatic carbocycles. The van der Waals surface area contributed by atoms with Crippen molar-refractivity contribution in [3.63, 3.8) is 0 Å². The van der Waals surface area contributed by atoms with E-state index in [0.717, 1.165) is 24.8 Å². The maximum Gasteiger partial charge on any atom is 0.0777 e. The average Bonchev–Trinajstić information content (AvgIpc) is 2.66. The first-order valence-corrected chi connectivity index (χ1v) is 7.14. The second-order valence-corrected chi connectivity index (χ2v) is 6.34. The van der Waals surface area contributed by atoms with Crippen molar-refractivity contribution < 1.29 is 15.3 Å². The van der Waals surface area contributed by atoms with Gasteiger partial charge in [0, 0.05) is 6.61 Å². The number of allylic oxidation sites excluding steroid dienone is 1. The van der Waals surface area contributed by atoms with Gasteiger partial charge in [-0.05, 0) is 54.4 Å². The van der Waals surface area contributed by atoms with E-state index in [1.165, 1.54) is 6.42 Å². The summed E-state index contributed by atoms with van der Waals surface area (Å²) >= 11 is 0. The van der Waals surface area contributed by atoms with Gasteiger partial charge in [-0.2, -0.15) is 0 Å². The van der Waals surface area contributed by atoms with Crippen LogP contribution in [0, 0.1) is 23.2 Å². The molecule has 3 heteroatoms. The first kappa shape index (κ1) is 14.0. The van der Waals surface area contributed by atoms with Crippen LogP contribution in [0.3, 0.4) is 0 Å². The van der Waals surface area contributed by atoms with E-state index in [-0.39, 0.29) is 18.6 Å². The zero-order chi connectivity index (χ0) is 13.3. The summed E-state index contributed by atoms with van der Waals surface area (Å²) in [5, 5.41) is 28.8. The van der Waals surface area contributed by atoms with Crippen LogP contribution in [0.15, 0.2) is 11.6 Å². The lowest BCUT2D eigenvalue weighted by atomic mass is 9.61. The van der Waals surface area contributed by atoms with E-state index in [4.69, 9.17) is 0 Å². The molecule has 0 amide bonds. The van der Waals surface area contributed by atoms with Gasteiger partial charge in [-0.1, -0.05) is 19.9 Å². The summed E-state index contributed by atoms with van der Waals surface area (Å²) in [6.45, 7) is 4.58. The molecule has 0 bridgehead atoms. The Hall–Kier alpha value is -0.380. The van der Waals surface area contributed by atoms with Crippen molar-refractivity contribution in [2.24, 2.45) is 23.2 Å². The monoisotopic (exact) mass is 254 g/mol. The van der Waals surface area contributed by atoms with Crippen molar-refractivity contribution >= 4 is 0 Å². The topological polar surface area (TPSA) is 60.7 Å². The SMILES string of the molecule is C[C@@H](CO)[C@@H]1CC[C@H](C)[C@@]12CC=C(CO)[C@H](O)C2. The third kappa shape index (κ3) is 2.13. The molecule has 1 saturated carbocycles. The number of rotatable bonds is 3. The molecule has 0 aliphatic heterocycles. The van der Waals surface area contributed by atoms with Crippen molar-refractivity contribution in [2.75, 3.05) is 13.2 Å². The Kier molecular flexibility index (Phi) is 4.15. The van der Waals surface area contributed by atoms with Crippen molar-refractivity contribution in [1.82, 2.24) is 0 Å². The van der Waals surface area contributed by atoms with Gasteiger partial charge in [0.1, 0.15) is 0 Å². The number of aliphatic hydroxyl groups is 3. The normalized spacial score (nSPS) is 42.1. The van der Waals surface area contributed by atoms with E-state index in [2.05, 4.69) is 13.8 Å². The second kappa shape index (κ2) is 5.32. The first-order chi connectivity index (χ1) is 8.55. The van der Waals surface area contributed by atoms with Crippen LogP contribution in [0.2, 0.25) is 0 Å². The van der Waals surface area contributed by atoms with E-state index < -0.39 is 6.10 Å². The lowest BCUT2D eigenvalue weighted by Crippen LogP contribution is -2.41. The third-order valence-electron chi connectivity index (χ3n) is 5.53. The van der Waals surface area contributed by atoms with Crippen LogP contribution >= 0.6 is 0 Å². The van der Waals surface area contributed by atoms with Gasteiger partial charge < -0.3 is 15.3 Å². The molecule has 0 saturated heterocycles. The second-order valence-electron chi connectivity index (χ2n) is 6.34. The molecule has 0 heterocycles. The van der Waals surface area contributed by atoms with Crippen LogP contribution in [0.25, 0.3) is 0 Å². The number of hydrogen-bond donors (Lipinski definition) is 3. The molecule has 0 radical (unpaired) electrons. The zero-order valence-electron chi connectivity index (χ0n) is 11.5. The van der Waals surface area contributed by atoms with Crippen molar-refractivity contribution in [3.8, 4) is 0 Å². The largest absolute Gasteiger partial charge is 0.396 e. The highest BCUT2D eigenvalue weighted by atomic mass is 16.3. The highest BCUT2D eigenvalue weighted by Crippen LogP contribution is 2.57. The molecule has 0 aromatic heterocycles. The fourth-order valence-corrected chi connectivity index (χ4v) is 4.25. The van der Waals surface area contributed by atoms with Gasteiger partial charge in [0.25, 0.3) is 0 Å². The lowest BCUT2D eigenvalue weighted by Gasteiger charge is -2.45. The zero-order valence-corrected chi connectivity index (χ0v) is 11.5. The molecule has 0 aromatic rings. The van der Waals surface area contributed by atoms with E-state index >= 15 is 0 Å². The molecule has 0 unspecified atom stereocenters. The van der Waals surface area contributed by atoms with Gasteiger partial charge in [0.15, 0.2) is 0 Å². The smallest absolute Gasteiger partial charge is 0.0777 e. The summed E-state index contributed by atoms with van der Waals surface area (Å²) in [7, 11) is 0. The van der Waals surface area contributed by atoms with Gasteiger partial charge in [0.05, 0.1) is 12.7 Å². The van der Waals surface area contributed by atoms with E-state index in [1.54, 1.807) is 0 Å². The van der Waals surface area contributed by atoms with Crippen LogP contribution < -0.4 is 0 Å². The molecule has 104 valence electrons. The molecule has 2 aliphatic carbocycles. The highest BCUT2D eigenvalue weighted by Gasteiger charge is 2.51. The Morgan fingerprint density at radius 2 is 2.11 bits per heavy atom. The van der Waals surface area contributed by atoms with Crippen LogP contribution in [0.1, 0.15) is 39.5 Å². The molecule has 18 heavy (non-hydrogen) atoms. The summed E-state index contributed by atoms with van der Waals surface area (Å²) in [5.74, 6) is 1.37. The fourth-order valence-electron chi connectivity index (χ4n) is 4.25. The Labute approximate surface area is 110 Å². The maximum atomic E-state index is 10.2. The summed E-state index contributed by atoms with van der Waals surface area (Å²) in [4.78, 5) is 0. The van der Waals surface area contributed by atoms with Gasteiger partial charge in [-0.3, -0.25) is 0 Å². The quantitative estimate of drug-likeness (QED) is 0.672. The molecule has 5 atom stereocenters. The first-order valence-electron chi connectivity index (χ1n) is 7.14. The van der Waals surface area contributed by atoms with Gasteiger partial charge in [0.2, 0.25) is 0 Å². The maximum absolute atomic E-state index is 10.2. The van der Waals surface area contributed by atoms with Crippen LogP contribution in [-0.2, 0) is 0 Å². The van der Waals surface area contributed by atoms with Crippen molar-refractivity contribution in [2.45, 2.75) is 45.6 Å². The standard InChI is InChI=1S/C15H26O3/c1-10(8-16)13-4-3-11(2)15(13)6-5-12(9-17)14(18)7-15/h5,10-11,13-14,16-18H,3-4,6-9H2,1-2H3/t10-,11-,13-,14+,15-/m0/s1. The highest BCUT2D eigenvalue weighted by molar-refractivity contribution is 5.18. The Morgan fingerprint density at radius 1 is 1.39 bits per heavy atom. The minimum absolute atomic E-state index is 0.0359. The average molecular weight is 254 g/mol. The Bertz CT molecular complexity index is 326. The third-order valence-corrected chi connectivity index (χ3v) is 5.53. The fraction of sp³-hybridized carbons (Fsp3) is 0.867. The lowest BCUT2D eigenvalue weighted by molar-refractivity contribution is 0.0131. The molecule has 3 nitrogen and oxygen atoms in total. The van der Waals surface area contributed by atoms with Crippen LogP contribution in [-0.4, -0.2) is 34.6 Å².